The van der Waals surface area contributed by atoms with Crippen LogP contribution in [-0.2, 0) is 0 Å². The lowest BCUT2D eigenvalue weighted by Crippen LogP contribution is -2.02. The number of rotatable bonds is 4. The van der Waals surface area contributed by atoms with Gasteiger partial charge in [0.15, 0.2) is 0 Å². The summed E-state index contributed by atoms with van der Waals surface area (Å²) in [5.41, 5.74) is 1.64. The van der Waals surface area contributed by atoms with Gasteiger partial charge in [0.2, 0.25) is 0 Å². The molecule has 2 rings (SSSR count). The summed E-state index contributed by atoms with van der Waals surface area (Å²) in [6.45, 7) is 3.05. The molecule has 0 aliphatic rings. The first-order valence-corrected chi connectivity index (χ1v) is 5.37. The zero-order valence-electron chi connectivity index (χ0n) is 9.22. The van der Waals surface area contributed by atoms with Crippen LogP contribution in [0.2, 0.25) is 0 Å². The van der Waals surface area contributed by atoms with Gasteiger partial charge in [0.1, 0.15) is 11.5 Å². The Bertz CT molecular complexity index is 442. The fourth-order valence-corrected chi connectivity index (χ4v) is 1.36. The highest BCUT2D eigenvalue weighted by atomic mass is 15.0. The van der Waals surface area contributed by atoms with Gasteiger partial charge in [-0.1, -0.05) is 13.0 Å². The topological polar surface area (TPSA) is 50.7 Å². The highest BCUT2D eigenvalue weighted by Gasteiger charge is 2.01. The third kappa shape index (κ3) is 2.53. The molecule has 0 atom stereocenters. The van der Waals surface area contributed by atoms with E-state index in [4.69, 9.17) is 0 Å². The molecule has 0 fully saturated rings. The Kier molecular flexibility index (Phi) is 3.43. The van der Waals surface area contributed by atoms with E-state index in [1.165, 1.54) is 0 Å². The lowest BCUT2D eigenvalue weighted by Gasteiger charge is -2.05. The number of hydrogen-bond donors (Lipinski definition) is 1. The van der Waals surface area contributed by atoms with E-state index in [0.29, 0.717) is 0 Å². The van der Waals surface area contributed by atoms with Gasteiger partial charge in [-0.2, -0.15) is 0 Å². The van der Waals surface area contributed by atoms with Gasteiger partial charge >= 0.3 is 0 Å². The molecule has 16 heavy (non-hydrogen) atoms. The van der Waals surface area contributed by atoms with Crippen molar-refractivity contribution in [2.75, 3.05) is 11.9 Å². The molecular formula is C12H14N4. The van der Waals surface area contributed by atoms with Gasteiger partial charge in [-0.3, -0.25) is 9.97 Å². The second-order valence-corrected chi connectivity index (χ2v) is 3.43. The van der Waals surface area contributed by atoms with Crippen LogP contribution in [0.3, 0.4) is 0 Å². The van der Waals surface area contributed by atoms with Crippen LogP contribution in [0, 0.1) is 0 Å². The van der Waals surface area contributed by atoms with Crippen molar-refractivity contribution in [3.05, 3.63) is 36.8 Å². The number of nitrogens with one attached hydrogen (secondary N) is 1. The Morgan fingerprint density at radius 3 is 2.88 bits per heavy atom. The average Bonchev–Trinajstić information content (AvgIpc) is 2.38. The fraction of sp³-hybridized carbons (Fsp3) is 0.250. The van der Waals surface area contributed by atoms with Crippen molar-refractivity contribution in [3.63, 3.8) is 0 Å². The third-order valence-corrected chi connectivity index (χ3v) is 2.13. The fourth-order valence-electron chi connectivity index (χ4n) is 1.36. The highest BCUT2D eigenvalue weighted by Crippen LogP contribution is 2.14. The summed E-state index contributed by atoms with van der Waals surface area (Å²) in [6, 6.07) is 5.85. The normalized spacial score (nSPS) is 10.1. The lowest BCUT2D eigenvalue weighted by molar-refractivity contribution is 0.969. The Labute approximate surface area is 94.8 Å². The van der Waals surface area contributed by atoms with Crippen LogP contribution in [0.5, 0.6) is 0 Å². The molecule has 82 valence electrons. The second kappa shape index (κ2) is 5.21. The molecule has 2 aromatic rings. The van der Waals surface area contributed by atoms with Crippen LogP contribution < -0.4 is 5.32 Å². The first-order valence-electron chi connectivity index (χ1n) is 5.37. The number of pyridine rings is 1. The summed E-state index contributed by atoms with van der Waals surface area (Å²) in [5.74, 6) is 0.880. The van der Waals surface area contributed by atoms with Gasteiger partial charge in [0.25, 0.3) is 0 Å². The SMILES string of the molecule is CCCNc1cccc(-c2cnccn2)n1. The zero-order chi connectivity index (χ0) is 11.2. The van der Waals surface area contributed by atoms with Crippen molar-refractivity contribution >= 4 is 5.82 Å². The predicted molar refractivity (Wildman–Crippen MR) is 64.0 cm³/mol. The van der Waals surface area contributed by atoms with E-state index in [1.807, 2.05) is 18.2 Å². The quantitative estimate of drug-likeness (QED) is 0.848. The van der Waals surface area contributed by atoms with Crippen molar-refractivity contribution in [3.8, 4) is 11.4 Å². The first-order chi connectivity index (χ1) is 7.90. The van der Waals surface area contributed by atoms with Crippen molar-refractivity contribution in [2.45, 2.75) is 13.3 Å². The van der Waals surface area contributed by atoms with Crippen LogP contribution in [0.4, 0.5) is 5.82 Å². The second-order valence-electron chi connectivity index (χ2n) is 3.43. The monoisotopic (exact) mass is 214 g/mol. The number of aromatic nitrogens is 3. The molecule has 2 aromatic heterocycles. The molecule has 0 unspecified atom stereocenters. The summed E-state index contributed by atoms with van der Waals surface area (Å²) in [6.07, 6.45) is 6.12. The molecule has 2 heterocycles. The molecule has 4 nitrogen and oxygen atoms in total. The van der Waals surface area contributed by atoms with E-state index in [0.717, 1.165) is 30.2 Å². The maximum absolute atomic E-state index is 4.47. The molecule has 0 aliphatic heterocycles. The smallest absolute Gasteiger partial charge is 0.126 e. The molecule has 4 heteroatoms. The maximum atomic E-state index is 4.47. The highest BCUT2D eigenvalue weighted by molar-refractivity contribution is 5.55. The predicted octanol–water partition coefficient (Wildman–Crippen LogP) is 2.36. The van der Waals surface area contributed by atoms with Crippen LogP contribution in [0.15, 0.2) is 36.8 Å². The molecule has 0 bridgehead atoms. The minimum absolute atomic E-state index is 0.794. The van der Waals surface area contributed by atoms with Gasteiger partial charge in [-0.25, -0.2) is 4.98 Å². The van der Waals surface area contributed by atoms with Gasteiger partial charge in [0, 0.05) is 18.9 Å². The van der Waals surface area contributed by atoms with Gasteiger partial charge in [0.05, 0.1) is 11.9 Å². The van der Waals surface area contributed by atoms with E-state index in [2.05, 4.69) is 27.2 Å². The minimum atomic E-state index is 0.794. The van der Waals surface area contributed by atoms with Gasteiger partial charge in [-0.15, -0.1) is 0 Å². The van der Waals surface area contributed by atoms with Gasteiger partial charge < -0.3 is 5.32 Å². The summed E-state index contributed by atoms with van der Waals surface area (Å²) in [7, 11) is 0. The molecule has 1 N–H and O–H groups in total. The number of anilines is 1. The molecule has 0 aromatic carbocycles. The van der Waals surface area contributed by atoms with E-state index < -0.39 is 0 Å². The zero-order valence-corrected chi connectivity index (χ0v) is 9.22. The number of nitrogens with zero attached hydrogens (tertiary/aromatic N) is 3. The van der Waals surface area contributed by atoms with Crippen LogP contribution in [0.25, 0.3) is 11.4 Å². The molecule has 0 radical (unpaired) electrons. The summed E-state index contributed by atoms with van der Waals surface area (Å²) in [4.78, 5) is 12.7. The third-order valence-electron chi connectivity index (χ3n) is 2.13. The summed E-state index contributed by atoms with van der Waals surface area (Å²) in [5, 5.41) is 3.25. The van der Waals surface area contributed by atoms with E-state index in [1.54, 1.807) is 18.6 Å². The van der Waals surface area contributed by atoms with E-state index in [9.17, 15) is 0 Å². The molecule has 0 spiro atoms. The van der Waals surface area contributed by atoms with Crippen LogP contribution >= 0.6 is 0 Å². The van der Waals surface area contributed by atoms with Gasteiger partial charge in [-0.05, 0) is 18.6 Å². The molecule has 0 amide bonds. The van der Waals surface area contributed by atoms with Crippen LogP contribution in [-0.4, -0.2) is 21.5 Å². The first kappa shape index (κ1) is 10.5. The molecule has 0 saturated heterocycles. The molecule has 0 saturated carbocycles. The van der Waals surface area contributed by atoms with Crippen molar-refractivity contribution in [2.24, 2.45) is 0 Å². The summed E-state index contributed by atoms with van der Waals surface area (Å²) >= 11 is 0. The summed E-state index contributed by atoms with van der Waals surface area (Å²) < 4.78 is 0. The van der Waals surface area contributed by atoms with Crippen LogP contribution in [0.1, 0.15) is 13.3 Å². The molecular weight excluding hydrogens is 200 g/mol. The Morgan fingerprint density at radius 1 is 1.19 bits per heavy atom. The average molecular weight is 214 g/mol. The van der Waals surface area contributed by atoms with E-state index in [-0.39, 0.29) is 0 Å². The Morgan fingerprint density at radius 2 is 2.12 bits per heavy atom. The minimum Gasteiger partial charge on any atom is -0.370 e. The molecule has 0 aliphatic carbocycles. The largest absolute Gasteiger partial charge is 0.370 e. The Balaban J connectivity index is 2.22. The number of hydrogen-bond acceptors (Lipinski definition) is 4. The van der Waals surface area contributed by atoms with E-state index >= 15 is 0 Å². The lowest BCUT2D eigenvalue weighted by atomic mass is 10.3. The van der Waals surface area contributed by atoms with Crippen molar-refractivity contribution < 1.29 is 0 Å². The van der Waals surface area contributed by atoms with Crippen molar-refractivity contribution in [1.29, 1.82) is 0 Å². The maximum Gasteiger partial charge on any atom is 0.126 e. The Hall–Kier alpha value is -1.97. The standard InChI is InChI=1S/C12H14N4/c1-2-6-15-12-5-3-4-10(16-12)11-9-13-7-8-14-11/h3-5,7-9H,2,6H2,1H3,(H,15,16). The van der Waals surface area contributed by atoms with Crippen molar-refractivity contribution in [1.82, 2.24) is 15.0 Å².